The van der Waals surface area contributed by atoms with Crippen molar-refractivity contribution in [1.29, 1.82) is 0 Å². The molecule has 2 aromatic rings. The molecule has 5 rings (SSSR count). The molecule has 0 aromatic heterocycles. The summed E-state index contributed by atoms with van der Waals surface area (Å²) in [6.45, 7) is 1.50. The highest BCUT2D eigenvalue weighted by Crippen LogP contribution is 2.57. The van der Waals surface area contributed by atoms with E-state index in [1.165, 1.54) is 22.3 Å². The third-order valence-electron chi connectivity index (χ3n) is 5.85. The monoisotopic (exact) mass is 292 g/mol. The largest absolute Gasteiger partial charge is 0.348 e. The molecule has 3 aliphatic rings. The van der Waals surface area contributed by atoms with Crippen molar-refractivity contribution >= 4 is 0 Å². The molecule has 2 aliphatic carbocycles. The number of fused-ring (bicyclic) bond motifs is 5. The molecule has 2 fully saturated rings. The Morgan fingerprint density at radius 2 is 1.14 bits per heavy atom. The molecule has 0 radical (unpaired) electrons. The van der Waals surface area contributed by atoms with Gasteiger partial charge in [0.1, 0.15) is 0 Å². The fourth-order valence-corrected chi connectivity index (χ4v) is 4.80. The minimum atomic E-state index is -0.294. The van der Waals surface area contributed by atoms with Gasteiger partial charge in [-0.05, 0) is 35.1 Å². The number of ether oxygens (including phenoxy) is 2. The molecule has 0 bridgehead atoms. The molecule has 2 nitrogen and oxygen atoms in total. The van der Waals surface area contributed by atoms with Crippen molar-refractivity contribution in [1.82, 2.24) is 0 Å². The van der Waals surface area contributed by atoms with Gasteiger partial charge in [0.05, 0.1) is 13.2 Å². The summed E-state index contributed by atoms with van der Waals surface area (Å²) in [5.41, 5.74) is 6.01. The second-order valence-electron chi connectivity index (χ2n) is 6.78. The van der Waals surface area contributed by atoms with E-state index in [0.717, 1.165) is 38.9 Å². The van der Waals surface area contributed by atoms with Gasteiger partial charge in [-0.25, -0.2) is 0 Å². The highest BCUT2D eigenvalue weighted by Gasteiger charge is 2.51. The first-order valence-corrected chi connectivity index (χ1v) is 8.30. The van der Waals surface area contributed by atoms with Crippen LogP contribution < -0.4 is 0 Å². The van der Waals surface area contributed by atoms with Gasteiger partial charge in [0.2, 0.25) is 0 Å². The molecule has 2 spiro atoms. The van der Waals surface area contributed by atoms with Crippen molar-refractivity contribution in [2.75, 3.05) is 13.2 Å². The summed E-state index contributed by atoms with van der Waals surface area (Å²) in [6, 6.07) is 17.9. The van der Waals surface area contributed by atoms with Crippen LogP contribution in [0.2, 0.25) is 0 Å². The van der Waals surface area contributed by atoms with Gasteiger partial charge < -0.3 is 9.47 Å². The second-order valence-corrected chi connectivity index (χ2v) is 6.78. The minimum Gasteiger partial charge on any atom is -0.348 e. The van der Waals surface area contributed by atoms with Crippen molar-refractivity contribution in [3.05, 3.63) is 59.7 Å². The van der Waals surface area contributed by atoms with Crippen molar-refractivity contribution in [3.8, 4) is 11.1 Å². The van der Waals surface area contributed by atoms with Gasteiger partial charge in [-0.2, -0.15) is 0 Å². The van der Waals surface area contributed by atoms with Crippen molar-refractivity contribution in [3.63, 3.8) is 0 Å². The highest BCUT2D eigenvalue weighted by atomic mass is 16.7. The fraction of sp³-hybridized carbons (Fsp3) is 0.400. The molecule has 1 saturated carbocycles. The maximum absolute atomic E-state index is 5.94. The van der Waals surface area contributed by atoms with Gasteiger partial charge in [0, 0.05) is 18.3 Å². The van der Waals surface area contributed by atoms with E-state index in [4.69, 9.17) is 9.47 Å². The van der Waals surface area contributed by atoms with E-state index in [1.807, 2.05) is 0 Å². The Morgan fingerprint density at radius 1 is 0.636 bits per heavy atom. The molecule has 112 valence electrons. The summed E-state index contributed by atoms with van der Waals surface area (Å²) in [7, 11) is 0. The van der Waals surface area contributed by atoms with Crippen LogP contribution in [0, 0.1) is 0 Å². The van der Waals surface area contributed by atoms with Gasteiger partial charge in [-0.1, -0.05) is 48.5 Å². The Morgan fingerprint density at radius 3 is 1.68 bits per heavy atom. The smallest absolute Gasteiger partial charge is 0.168 e. The minimum absolute atomic E-state index is 0.160. The van der Waals surface area contributed by atoms with E-state index >= 15 is 0 Å². The maximum Gasteiger partial charge on any atom is 0.168 e. The van der Waals surface area contributed by atoms with Gasteiger partial charge in [0.15, 0.2) is 5.79 Å². The Hall–Kier alpha value is -1.64. The molecule has 0 unspecified atom stereocenters. The lowest BCUT2D eigenvalue weighted by atomic mass is 9.66. The van der Waals surface area contributed by atoms with Crippen molar-refractivity contribution in [2.45, 2.75) is 36.9 Å². The molecule has 22 heavy (non-hydrogen) atoms. The summed E-state index contributed by atoms with van der Waals surface area (Å²) in [6.07, 6.45) is 4.22. The lowest BCUT2D eigenvalue weighted by Crippen LogP contribution is -2.41. The SMILES string of the molecule is c1ccc2c(c1)-c1ccccc1C21CCC2(CC1)OCCO2. The first-order valence-electron chi connectivity index (χ1n) is 8.30. The molecule has 0 atom stereocenters. The third-order valence-corrected chi connectivity index (χ3v) is 5.85. The average Bonchev–Trinajstić information content (AvgIpc) is 3.14. The quantitative estimate of drug-likeness (QED) is 0.722. The van der Waals surface area contributed by atoms with E-state index < -0.39 is 0 Å². The van der Waals surface area contributed by atoms with E-state index in [0.29, 0.717) is 0 Å². The zero-order chi connectivity index (χ0) is 14.6. The van der Waals surface area contributed by atoms with E-state index in [1.54, 1.807) is 0 Å². The van der Waals surface area contributed by atoms with Gasteiger partial charge >= 0.3 is 0 Å². The average molecular weight is 292 g/mol. The molecular formula is C20H20O2. The molecule has 1 aliphatic heterocycles. The number of hydrogen-bond donors (Lipinski definition) is 0. The predicted octanol–water partition coefficient (Wildman–Crippen LogP) is 4.27. The molecule has 1 saturated heterocycles. The predicted molar refractivity (Wildman–Crippen MR) is 85.8 cm³/mol. The fourth-order valence-electron chi connectivity index (χ4n) is 4.80. The molecule has 0 N–H and O–H groups in total. The van der Waals surface area contributed by atoms with Crippen LogP contribution >= 0.6 is 0 Å². The molecule has 0 amide bonds. The van der Waals surface area contributed by atoms with Crippen LogP contribution in [0.1, 0.15) is 36.8 Å². The normalized spacial score (nSPS) is 23.6. The van der Waals surface area contributed by atoms with Gasteiger partial charge in [-0.15, -0.1) is 0 Å². The summed E-state index contributed by atoms with van der Waals surface area (Å²) >= 11 is 0. The second kappa shape index (κ2) is 4.43. The number of hydrogen-bond acceptors (Lipinski definition) is 2. The van der Waals surface area contributed by atoms with Gasteiger partial charge in [-0.3, -0.25) is 0 Å². The zero-order valence-electron chi connectivity index (χ0n) is 12.7. The van der Waals surface area contributed by atoms with Crippen LogP contribution in [0.3, 0.4) is 0 Å². The van der Waals surface area contributed by atoms with Gasteiger partial charge in [0.25, 0.3) is 0 Å². The molecule has 2 aromatic carbocycles. The summed E-state index contributed by atoms with van der Waals surface area (Å²) in [5, 5.41) is 0. The van der Waals surface area contributed by atoms with E-state index in [-0.39, 0.29) is 11.2 Å². The third kappa shape index (κ3) is 1.57. The summed E-state index contributed by atoms with van der Waals surface area (Å²) in [5.74, 6) is -0.294. The van der Waals surface area contributed by atoms with Crippen LogP contribution in [0.15, 0.2) is 48.5 Å². The molecular weight excluding hydrogens is 272 g/mol. The van der Waals surface area contributed by atoms with Crippen LogP contribution in [-0.4, -0.2) is 19.0 Å². The molecule has 1 heterocycles. The lowest BCUT2D eigenvalue weighted by molar-refractivity contribution is -0.182. The first-order chi connectivity index (χ1) is 10.8. The first kappa shape index (κ1) is 12.9. The topological polar surface area (TPSA) is 18.5 Å². The van der Waals surface area contributed by atoms with Crippen LogP contribution in [0.4, 0.5) is 0 Å². The summed E-state index contributed by atoms with van der Waals surface area (Å²) < 4.78 is 11.9. The standard InChI is InChI=1S/C20H20O2/c1-3-7-17-15(5-1)16-6-2-4-8-18(16)19(17)9-11-20(12-10-19)21-13-14-22-20/h1-8H,9-14H2. The highest BCUT2D eigenvalue weighted by molar-refractivity contribution is 5.81. The molecule has 2 heteroatoms. The Kier molecular flexibility index (Phi) is 2.59. The Bertz CT molecular complexity index is 670. The van der Waals surface area contributed by atoms with Crippen LogP contribution in [-0.2, 0) is 14.9 Å². The number of benzene rings is 2. The maximum atomic E-state index is 5.94. The van der Waals surface area contributed by atoms with Crippen LogP contribution in [0.25, 0.3) is 11.1 Å². The zero-order valence-corrected chi connectivity index (χ0v) is 12.7. The Balaban J connectivity index is 1.63. The van der Waals surface area contributed by atoms with Crippen molar-refractivity contribution in [2.24, 2.45) is 0 Å². The number of rotatable bonds is 0. The lowest BCUT2D eigenvalue weighted by Gasteiger charge is -2.43. The summed E-state index contributed by atoms with van der Waals surface area (Å²) in [4.78, 5) is 0. The Labute approximate surface area is 131 Å². The van der Waals surface area contributed by atoms with Crippen LogP contribution in [0.5, 0.6) is 0 Å². The van der Waals surface area contributed by atoms with E-state index in [2.05, 4.69) is 48.5 Å². The van der Waals surface area contributed by atoms with E-state index in [9.17, 15) is 0 Å². The van der Waals surface area contributed by atoms with Crippen molar-refractivity contribution < 1.29 is 9.47 Å².